The molecule has 2 amide bonds. The number of guanidine groups is 1. The van der Waals surface area contributed by atoms with E-state index in [4.69, 9.17) is 38.3 Å². The highest BCUT2D eigenvalue weighted by Crippen LogP contribution is 1.97. The molecular formula is C16H31N7O8S. The Hall–Kier alpha value is -3.11. The summed E-state index contributed by atoms with van der Waals surface area (Å²) in [4.78, 5) is 57.6. The number of nitrogens with two attached hydrogens (primary N) is 4. The maximum absolute atomic E-state index is 11.5. The number of hydrogen-bond acceptors (Lipinski definition) is 9. The van der Waals surface area contributed by atoms with Crippen LogP contribution in [0, 0.1) is 0 Å². The van der Waals surface area contributed by atoms with Gasteiger partial charge < -0.3 is 48.9 Å². The molecule has 0 heterocycles. The molecule has 15 nitrogen and oxygen atoms in total. The summed E-state index contributed by atoms with van der Waals surface area (Å²) in [5.41, 5.74) is 20.6. The lowest BCUT2D eigenvalue weighted by molar-refractivity contribution is -0.139. The van der Waals surface area contributed by atoms with Crippen molar-refractivity contribution in [2.45, 2.75) is 43.8 Å². The molecule has 32 heavy (non-hydrogen) atoms. The van der Waals surface area contributed by atoms with Crippen molar-refractivity contribution >= 4 is 48.3 Å². The first-order valence-corrected chi connectivity index (χ1v) is 9.86. The average Bonchev–Trinajstić information content (AvgIpc) is 2.71. The Morgan fingerprint density at radius 3 is 1.91 bits per heavy atom. The largest absolute Gasteiger partial charge is 0.480 e. The predicted octanol–water partition coefficient (Wildman–Crippen LogP) is -3.75. The fourth-order valence-corrected chi connectivity index (χ4v) is 2.06. The van der Waals surface area contributed by atoms with E-state index in [1.807, 2.05) is 0 Å². The fourth-order valence-electron chi connectivity index (χ4n) is 1.80. The van der Waals surface area contributed by atoms with E-state index in [1.165, 1.54) is 0 Å². The normalized spacial score (nSPS) is 12.7. The molecule has 184 valence electrons. The minimum absolute atomic E-state index is 0.0129. The van der Waals surface area contributed by atoms with Crippen LogP contribution >= 0.6 is 12.6 Å². The zero-order chi connectivity index (χ0) is 25.3. The first kappa shape index (κ1) is 31.1. The number of amides is 2. The Bertz CT molecular complexity index is 673. The van der Waals surface area contributed by atoms with Crippen LogP contribution in [-0.4, -0.2) is 88.0 Å². The van der Waals surface area contributed by atoms with Crippen molar-refractivity contribution in [2.24, 2.45) is 27.9 Å². The van der Waals surface area contributed by atoms with Crippen LogP contribution < -0.4 is 33.6 Å². The van der Waals surface area contributed by atoms with E-state index in [1.54, 1.807) is 0 Å². The molecule has 0 saturated carbocycles. The van der Waals surface area contributed by atoms with Gasteiger partial charge in [0.2, 0.25) is 11.8 Å². The van der Waals surface area contributed by atoms with Gasteiger partial charge in [-0.15, -0.1) is 0 Å². The molecule has 0 aromatic heterocycles. The zero-order valence-corrected chi connectivity index (χ0v) is 18.2. The monoisotopic (exact) mass is 481 g/mol. The fraction of sp³-hybridized carbons (Fsp3) is 0.625. The summed E-state index contributed by atoms with van der Waals surface area (Å²) in [5.74, 6) is -4.69. The molecule has 0 saturated heterocycles. The number of nitrogens with one attached hydrogen (secondary N) is 2. The highest BCUT2D eigenvalue weighted by molar-refractivity contribution is 7.80. The Labute approximate surface area is 189 Å². The van der Waals surface area contributed by atoms with Crippen LogP contribution in [0.2, 0.25) is 0 Å². The second-order valence-electron chi connectivity index (χ2n) is 6.29. The number of carbonyl (C=O) groups excluding carboxylic acids is 2. The van der Waals surface area contributed by atoms with Crippen LogP contribution in [0.4, 0.5) is 0 Å². The van der Waals surface area contributed by atoms with Crippen LogP contribution in [0.25, 0.3) is 0 Å². The van der Waals surface area contributed by atoms with Gasteiger partial charge in [0.15, 0.2) is 5.96 Å². The Morgan fingerprint density at radius 2 is 1.47 bits per heavy atom. The summed E-state index contributed by atoms with van der Waals surface area (Å²) in [6, 6.07) is -2.97. The number of rotatable bonds is 14. The maximum atomic E-state index is 11.5. The molecule has 0 bridgehead atoms. The zero-order valence-electron chi connectivity index (χ0n) is 17.3. The van der Waals surface area contributed by atoms with Gasteiger partial charge in [0.1, 0.15) is 24.7 Å². The number of carboxylic acids is 3. The van der Waals surface area contributed by atoms with E-state index in [2.05, 4.69) is 28.3 Å². The second kappa shape index (κ2) is 17.6. The minimum atomic E-state index is -1.22. The molecule has 0 aliphatic heterocycles. The van der Waals surface area contributed by atoms with Gasteiger partial charge in [-0.3, -0.25) is 29.0 Å². The molecule has 13 N–H and O–H groups in total. The Morgan fingerprint density at radius 1 is 0.938 bits per heavy atom. The molecule has 0 aromatic carbocycles. The third-order valence-corrected chi connectivity index (χ3v) is 3.90. The molecule has 0 aliphatic rings. The quantitative estimate of drug-likeness (QED) is 0.0495. The molecular weight excluding hydrogens is 450 g/mol. The summed E-state index contributed by atoms with van der Waals surface area (Å²) >= 11 is 3.87. The van der Waals surface area contributed by atoms with Gasteiger partial charge in [0, 0.05) is 18.7 Å². The van der Waals surface area contributed by atoms with Crippen molar-refractivity contribution in [3.63, 3.8) is 0 Å². The van der Waals surface area contributed by atoms with E-state index in [9.17, 15) is 24.0 Å². The van der Waals surface area contributed by atoms with Crippen LogP contribution in [0.3, 0.4) is 0 Å². The predicted molar refractivity (Wildman–Crippen MR) is 117 cm³/mol. The second-order valence-corrected chi connectivity index (χ2v) is 6.66. The van der Waals surface area contributed by atoms with E-state index in [0.29, 0.717) is 19.4 Å². The van der Waals surface area contributed by atoms with Crippen molar-refractivity contribution in [3.05, 3.63) is 0 Å². The van der Waals surface area contributed by atoms with Gasteiger partial charge in [0.25, 0.3) is 0 Å². The molecule has 0 aliphatic carbocycles. The first-order valence-electron chi connectivity index (χ1n) is 9.23. The van der Waals surface area contributed by atoms with Crippen LogP contribution in [0.15, 0.2) is 4.99 Å². The van der Waals surface area contributed by atoms with Crippen molar-refractivity contribution < 1.29 is 39.3 Å². The van der Waals surface area contributed by atoms with E-state index < -0.39 is 54.4 Å². The number of nitrogens with zero attached hydrogens (tertiary/aromatic N) is 1. The van der Waals surface area contributed by atoms with Gasteiger partial charge in [-0.05, 0) is 19.3 Å². The Balaban J connectivity index is 0. The molecule has 0 spiro atoms. The van der Waals surface area contributed by atoms with Crippen LogP contribution in [0.1, 0.15) is 25.7 Å². The van der Waals surface area contributed by atoms with E-state index in [-0.39, 0.29) is 24.6 Å². The van der Waals surface area contributed by atoms with Crippen molar-refractivity contribution in [3.8, 4) is 0 Å². The number of aliphatic imine (C=N–C) groups is 1. The summed E-state index contributed by atoms with van der Waals surface area (Å²) in [7, 11) is 0. The number of thiol groups is 1. The molecule has 0 radical (unpaired) electrons. The SMILES string of the molecule is NC(N)=NCCC[C@H](N)C(=O)O.N[C@@H](CCC(=O)N[C@@H](CS)C(=O)NCC(=O)O)C(=O)O. The number of hydrogen-bond donors (Lipinski definition) is 10. The Kier molecular flexibility index (Phi) is 17.1. The smallest absolute Gasteiger partial charge is 0.322 e. The first-order chi connectivity index (χ1) is 14.8. The minimum Gasteiger partial charge on any atom is -0.480 e. The molecule has 0 fully saturated rings. The lowest BCUT2D eigenvalue weighted by Crippen LogP contribution is -2.49. The molecule has 0 unspecified atom stereocenters. The highest BCUT2D eigenvalue weighted by Gasteiger charge is 2.21. The van der Waals surface area contributed by atoms with Crippen molar-refractivity contribution in [1.82, 2.24) is 10.6 Å². The van der Waals surface area contributed by atoms with Gasteiger partial charge in [0.05, 0.1) is 0 Å². The summed E-state index contributed by atoms with van der Waals surface area (Å²) < 4.78 is 0. The van der Waals surface area contributed by atoms with Crippen LogP contribution in [0.5, 0.6) is 0 Å². The van der Waals surface area contributed by atoms with Gasteiger partial charge in [-0.25, -0.2) is 0 Å². The maximum Gasteiger partial charge on any atom is 0.322 e. The molecule has 0 aromatic rings. The van der Waals surface area contributed by atoms with Crippen molar-refractivity contribution in [2.75, 3.05) is 18.8 Å². The van der Waals surface area contributed by atoms with Gasteiger partial charge in [-0.1, -0.05) is 0 Å². The third-order valence-electron chi connectivity index (χ3n) is 3.53. The summed E-state index contributed by atoms with van der Waals surface area (Å²) in [5, 5.41) is 29.7. The molecule has 0 rings (SSSR count). The molecule has 16 heteroatoms. The van der Waals surface area contributed by atoms with Crippen LogP contribution in [-0.2, 0) is 24.0 Å². The van der Waals surface area contributed by atoms with E-state index >= 15 is 0 Å². The number of aliphatic carboxylic acids is 3. The number of carbonyl (C=O) groups is 5. The van der Waals surface area contributed by atoms with E-state index in [0.717, 1.165) is 0 Å². The third kappa shape index (κ3) is 17.7. The lowest BCUT2D eigenvalue weighted by Gasteiger charge is -2.16. The summed E-state index contributed by atoms with van der Waals surface area (Å²) in [6.07, 6.45) is 0.721. The number of carboxylic acid groups (broad SMARTS) is 3. The molecule has 3 atom stereocenters. The standard InChI is InChI=1S/C10H17N3O6S.C6H14N4O2/c11-5(10(18)19)1-2-7(14)13-6(4-20)9(17)12-3-8(15)16;7-4(5(11)12)2-1-3-10-6(8)9/h5-6,20H,1-4,11H2,(H,12,17)(H,13,14)(H,15,16)(H,18,19);4H,1-3,7H2,(H,11,12)(H4,8,9,10)/t5-,6-;4-/m00/s1. The van der Waals surface area contributed by atoms with Gasteiger partial charge in [-0.2, -0.15) is 12.6 Å². The van der Waals surface area contributed by atoms with Crippen molar-refractivity contribution in [1.29, 1.82) is 0 Å². The van der Waals surface area contributed by atoms with Gasteiger partial charge >= 0.3 is 17.9 Å². The topological polar surface area (TPSA) is 287 Å². The lowest BCUT2D eigenvalue weighted by atomic mass is 10.1. The average molecular weight is 482 g/mol. The highest BCUT2D eigenvalue weighted by atomic mass is 32.1. The summed E-state index contributed by atoms with van der Waals surface area (Å²) in [6.45, 7) is -0.147.